The van der Waals surface area contributed by atoms with Crippen LogP contribution in [0.5, 0.6) is 5.75 Å². The summed E-state index contributed by atoms with van der Waals surface area (Å²) in [5.41, 5.74) is 4.78. The molecule has 8 heteroatoms. The summed E-state index contributed by atoms with van der Waals surface area (Å²) in [6.07, 6.45) is 1.89. The second kappa shape index (κ2) is 11.7. The van der Waals surface area contributed by atoms with Crippen molar-refractivity contribution in [3.8, 4) is 22.7 Å². The Labute approximate surface area is 206 Å². The third-order valence-electron chi connectivity index (χ3n) is 5.82. The first kappa shape index (κ1) is 26.0. The maximum absolute atomic E-state index is 13.0. The Morgan fingerprint density at radius 3 is 2.37 bits per heavy atom. The monoisotopic (exact) mass is 478 g/mol. The molecule has 0 spiro atoms. The predicted octanol–water partition coefficient (Wildman–Crippen LogP) is 4.23. The van der Waals surface area contributed by atoms with Crippen LogP contribution in [-0.2, 0) is 14.3 Å². The molecule has 0 radical (unpaired) electrons. The molecule has 1 heterocycles. The Balaban J connectivity index is 1.93. The van der Waals surface area contributed by atoms with Crippen LogP contribution in [-0.4, -0.2) is 60.2 Å². The van der Waals surface area contributed by atoms with Gasteiger partial charge in [-0.3, -0.25) is 19.5 Å². The molecule has 0 aliphatic heterocycles. The number of carbonyl (C=O) groups is 2. The van der Waals surface area contributed by atoms with E-state index in [1.807, 2.05) is 67.9 Å². The minimum absolute atomic E-state index is 0.0853. The quantitative estimate of drug-likeness (QED) is 0.471. The molecular weight excluding hydrogens is 444 g/mol. The summed E-state index contributed by atoms with van der Waals surface area (Å²) in [7, 11) is 3.19. The van der Waals surface area contributed by atoms with Crippen LogP contribution in [0.25, 0.3) is 16.9 Å². The van der Waals surface area contributed by atoms with Crippen molar-refractivity contribution in [2.45, 2.75) is 27.7 Å². The summed E-state index contributed by atoms with van der Waals surface area (Å²) in [5, 5.41) is 2.91. The van der Waals surface area contributed by atoms with E-state index >= 15 is 0 Å². The molecule has 2 aromatic carbocycles. The van der Waals surface area contributed by atoms with Gasteiger partial charge in [-0.1, -0.05) is 19.9 Å². The highest BCUT2D eigenvalue weighted by Gasteiger charge is 2.21. The molecule has 186 valence electrons. The largest absolute Gasteiger partial charge is 0.497 e. The maximum Gasteiger partial charge on any atom is 0.246 e. The van der Waals surface area contributed by atoms with Gasteiger partial charge in [0, 0.05) is 37.0 Å². The number of aromatic nitrogens is 2. The van der Waals surface area contributed by atoms with Crippen molar-refractivity contribution in [2.75, 3.05) is 39.2 Å². The number of nitrogens with one attached hydrogen (secondary N) is 1. The number of amides is 2. The number of aryl methyl sites for hydroxylation is 2. The molecular formula is C27H34N4O4. The molecule has 0 aliphatic rings. The second-order valence-corrected chi connectivity index (χ2v) is 8.77. The second-order valence-electron chi connectivity index (χ2n) is 8.77. The van der Waals surface area contributed by atoms with Crippen molar-refractivity contribution >= 4 is 17.8 Å². The van der Waals surface area contributed by atoms with Gasteiger partial charge < -0.3 is 14.4 Å². The number of ether oxygens (including phenoxy) is 2. The van der Waals surface area contributed by atoms with E-state index in [1.165, 1.54) is 10.5 Å². The summed E-state index contributed by atoms with van der Waals surface area (Å²) in [5.74, 6) is 0.481. The average molecular weight is 479 g/mol. The predicted molar refractivity (Wildman–Crippen MR) is 137 cm³/mol. The SMILES string of the molecule is COCCN(CC(=O)Nc1nc(-c2ccc(OC)cc2)cn1-c1ccc(C)c(C)c1)C(=O)C(C)C. The zero-order chi connectivity index (χ0) is 25.5. The number of imidazole rings is 1. The van der Waals surface area contributed by atoms with Crippen molar-refractivity contribution in [2.24, 2.45) is 5.92 Å². The van der Waals surface area contributed by atoms with Gasteiger partial charge >= 0.3 is 0 Å². The molecule has 1 N–H and O–H groups in total. The lowest BCUT2D eigenvalue weighted by Crippen LogP contribution is -2.42. The number of hydrogen-bond donors (Lipinski definition) is 1. The summed E-state index contributed by atoms with van der Waals surface area (Å²) in [4.78, 5) is 31.9. The Kier molecular flexibility index (Phi) is 8.65. The summed E-state index contributed by atoms with van der Waals surface area (Å²) in [6, 6.07) is 13.7. The highest BCUT2D eigenvalue weighted by atomic mass is 16.5. The van der Waals surface area contributed by atoms with Gasteiger partial charge in [0.05, 0.1) is 19.4 Å². The van der Waals surface area contributed by atoms with E-state index in [2.05, 4.69) is 18.3 Å². The first-order valence-corrected chi connectivity index (χ1v) is 11.6. The van der Waals surface area contributed by atoms with Crippen LogP contribution in [0.2, 0.25) is 0 Å². The van der Waals surface area contributed by atoms with Crippen molar-refractivity contribution < 1.29 is 19.1 Å². The molecule has 3 aromatic rings. The summed E-state index contributed by atoms with van der Waals surface area (Å²) >= 11 is 0. The fourth-order valence-corrected chi connectivity index (χ4v) is 3.61. The van der Waals surface area contributed by atoms with Gasteiger partial charge in [-0.2, -0.15) is 0 Å². The van der Waals surface area contributed by atoms with Crippen LogP contribution in [0.15, 0.2) is 48.7 Å². The van der Waals surface area contributed by atoms with Crippen molar-refractivity contribution in [1.29, 1.82) is 0 Å². The molecule has 0 bridgehead atoms. The van der Waals surface area contributed by atoms with E-state index in [0.717, 1.165) is 22.6 Å². The standard InChI is InChI=1S/C27H34N4O4/c1-18(2)26(33)30(13-14-34-5)17-25(32)29-27-28-24(21-8-11-23(35-6)12-9-21)16-31(27)22-10-7-19(3)20(4)15-22/h7-12,15-16,18H,13-14,17H2,1-6H3,(H,28,29,32). The lowest BCUT2D eigenvalue weighted by Gasteiger charge is -2.23. The number of nitrogens with zero attached hydrogens (tertiary/aromatic N) is 3. The average Bonchev–Trinajstić information content (AvgIpc) is 3.26. The van der Waals surface area contributed by atoms with E-state index in [-0.39, 0.29) is 24.3 Å². The van der Waals surface area contributed by atoms with Crippen LogP contribution >= 0.6 is 0 Å². The number of hydrogen-bond acceptors (Lipinski definition) is 5. The summed E-state index contributed by atoms with van der Waals surface area (Å²) in [6.45, 7) is 8.33. The van der Waals surface area contributed by atoms with E-state index in [1.54, 1.807) is 14.2 Å². The lowest BCUT2D eigenvalue weighted by atomic mass is 10.1. The first-order valence-electron chi connectivity index (χ1n) is 11.6. The highest BCUT2D eigenvalue weighted by molar-refractivity contribution is 5.94. The topological polar surface area (TPSA) is 85.7 Å². The van der Waals surface area contributed by atoms with Crippen LogP contribution in [0.4, 0.5) is 5.95 Å². The van der Waals surface area contributed by atoms with Gasteiger partial charge in [0.1, 0.15) is 12.3 Å². The zero-order valence-corrected chi connectivity index (χ0v) is 21.3. The van der Waals surface area contributed by atoms with Crippen LogP contribution < -0.4 is 10.1 Å². The normalized spacial score (nSPS) is 10.9. The van der Waals surface area contributed by atoms with Gasteiger partial charge in [-0.15, -0.1) is 0 Å². The Morgan fingerprint density at radius 1 is 1.06 bits per heavy atom. The van der Waals surface area contributed by atoms with Crippen molar-refractivity contribution in [1.82, 2.24) is 14.5 Å². The van der Waals surface area contributed by atoms with Gasteiger partial charge in [-0.05, 0) is 61.4 Å². The molecule has 0 saturated carbocycles. The van der Waals surface area contributed by atoms with E-state index in [4.69, 9.17) is 14.5 Å². The minimum Gasteiger partial charge on any atom is -0.497 e. The Bertz CT molecular complexity index is 1170. The number of benzene rings is 2. The molecule has 3 rings (SSSR count). The minimum atomic E-state index is -0.327. The van der Waals surface area contributed by atoms with Gasteiger partial charge in [0.2, 0.25) is 17.8 Å². The van der Waals surface area contributed by atoms with Gasteiger partial charge in [0.25, 0.3) is 0 Å². The molecule has 0 atom stereocenters. The molecule has 0 aliphatic carbocycles. The van der Waals surface area contributed by atoms with Gasteiger partial charge in [0.15, 0.2) is 0 Å². The number of rotatable bonds is 10. The molecule has 0 fully saturated rings. The van der Waals surface area contributed by atoms with E-state index in [0.29, 0.717) is 24.8 Å². The van der Waals surface area contributed by atoms with E-state index in [9.17, 15) is 9.59 Å². The number of carbonyl (C=O) groups excluding carboxylic acids is 2. The maximum atomic E-state index is 13.0. The van der Waals surface area contributed by atoms with Gasteiger partial charge in [-0.25, -0.2) is 4.98 Å². The molecule has 2 amide bonds. The van der Waals surface area contributed by atoms with Crippen LogP contribution in [0.1, 0.15) is 25.0 Å². The first-order chi connectivity index (χ1) is 16.7. The molecule has 1 aromatic heterocycles. The molecule has 0 saturated heterocycles. The van der Waals surface area contributed by atoms with Crippen molar-refractivity contribution in [3.63, 3.8) is 0 Å². The molecule has 0 unspecified atom stereocenters. The summed E-state index contributed by atoms with van der Waals surface area (Å²) < 4.78 is 12.2. The fourth-order valence-electron chi connectivity index (χ4n) is 3.61. The number of anilines is 1. The molecule has 8 nitrogen and oxygen atoms in total. The highest BCUT2D eigenvalue weighted by Crippen LogP contribution is 2.27. The Hall–Kier alpha value is -3.65. The lowest BCUT2D eigenvalue weighted by molar-refractivity contribution is -0.138. The Morgan fingerprint density at radius 2 is 1.77 bits per heavy atom. The third-order valence-corrected chi connectivity index (χ3v) is 5.82. The third kappa shape index (κ3) is 6.48. The smallest absolute Gasteiger partial charge is 0.246 e. The van der Waals surface area contributed by atoms with E-state index < -0.39 is 0 Å². The zero-order valence-electron chi connectivity index (χ0n) is 21.3. The molecule has 35 heavy (non-hydrogen) atoms. The number of methoxy groups -OCH3 is 2. The fraction of sp³-hybridized carbons (Fsp3) is 0.370. The van der Waals surface area contributed by atoms with Crippen LogP contribution in [0.3, 0.4) is 0 Å². The van der Waals surface area contributed by atoms with Crippen molar-refractivity contribution in [3.05, 3.63) is 59.8 Å². The van der Waals surface area contributed by atoms with Crippen LogP contribution in [0, 0.1) is 19.8 Å².